The third kappa shape index (κ3) is 3.24. The Labute approximate surface area is 174 Å². The first kappa shape index (κ1) is 18.8. The molecule has 0 N–H and O–H groups in total. The number of piperidine rings is 1. The van der Waals surface area contributed by atoms with Crippen LogP contribution >= 0.6 is 0 Å². The van der Waals surface area contributed by atoms with E-state index in [0.29, 0.717) is 13.1 Å². The summed E-state index contributed by atoms with van der Waals surface area (Å²) in [5, 5.41) is 8.92. The molecule has 0 aromatic carbocycles. The number of furan rings is 1. The van der Waals surface area contributed by atoms with Gasteiger partial charge in [-0.25, -0.2) is 4.79 Å². The molecule has 3 aromatic heterocycles. The zero-order valence-electron chi connectivity index (χ0n) is 16.9. The molecule has 0 aliphatic carbocycles. The summed E-state index contributed by atoms with van der Waals surface area (Å²) < 4.78 is 12.8. The molecule has 5 rings (SSSR count). The Bertz CT molecular complexity index is 1010. The molecule has 1 amide bonds. The third-order valence-corrected chi connectivity index (χ3v) is 6.12. The van der Waals surface area contributed by atoms with Crippen molar-refractivity contribution < 1.29 is 13.9 Å². The Kier molecular flexibility index (Phi) is 4.74. The third-order valence-electron chi connectivity index (χ3n) is 6.12. The standard InChI is InChI=1S/C21H24N6O3/c1-29-20(28)26-14-18-23-24-19(16-4-2-8-22-12-16)27(18)21(15-26)6-9-25(10-7-21)13-17-5-3-11-30-17/h2-5,8,11-12H,6-7,9-10,13-15H2,1H3. The predicted octanol–water partition coefficient (Wildman–Crippen LogP) is 2.51. The second kappa shape index (κ2) is 7.56. The normalized spacial score (nSPS) is 18.4. The van der Waals surface area contributed by atoms with E-state index in [1.54, 1.807) is 17.4 Å². The zero-order chi connectivity index (χ0) is 20.6. The van der Waals surface area contributed by atoms with Crippen molar-refractivity contribution in [3.05, 3.63) is 54.5 Å². The number of amides is 1. The number of carbonyl (C=O) groups is 1. The molecule has 0 bridgehead atoms. The van der Waals surface area contributed by atoms with Gasteiger partial charge in [-0.2, -0.15) is 0 Å². The number of aromatic nitrogens is 4. The van der Waals surface area contributed by atoms with E-state index in [2.05, 4.69) is 24.6 Å². The van der Waals surface area contributed by atoms with E-state index in [4.69, 9.17) is 9.15 Å². The van der Waals surface area contributed by atoms with Gasteiger partial charge in [0.15, 0.2) is 11.6 Å². The molecular formula is C21H24N6O3. The van der Waals surface area contributed by atoms with Gasteiger partial charge in [-0.05, 0) is 37.1 Å². The summed E-state index contributed by atoms with van der Waals surface area (Å²) in [4.78, 5) is 20.7. The van der Waals surface area contributed by atoms with E-state index in [0.717, 1.165) is 55.4 Å². The number of methoxy groups -OCH3 is 1. The fourth-order valence-corrected chi connectivity index (χ4v) is 4.64. The Balaban J connectivity index is 1.48. The first-order valence-corrected chi connectivity index (χ1v) is 10.1. The highest BCUT2D eigenvalue weighted by molar-refractivity contribution is 5.68. The molecule has 0 radical (unpaired) electrons. The van der Waals surface area contributed by atoms with Crippen LogP contribution in [-0.2, 0) is 23.4 Å². The Morgan fingerprint density at radius 2 is 2.10 bits per heavy atom. The molecule has 1 spiro atoms. The van der Waals surface area contributed by atoms with Gasteiger partial charge < -0.3 is 13.7 Å². The van der Waals surface area contributed by atoms with Crippen molar-refractivity contribution in [3.8, 4) is 11.4 Å². The number of carbonyl (C=O) groups excluding carboxylic acids is 1. The van der Waals surface area contributed by atoms with E-state index >= 15 is 0 Å². The van der Waals surface area contributed by atoms with Crippen LogP contribution in [0, 0.1) is 0 Å². The molecule has 1 saturated heterocycles. The quantitative estimate of drug-likeness (QED) is 0.658. The number of fused-ring (bicyclic) bond motifs is 2. The summed E-state index contributed by atoms with van der Waals surface area (Å²) in [5.41, 5.74) is 0.649. The molecule has 3 aromatic rings. The average molecular weight is 408 g/mol. The molecule has 9 heteroatoms. The van der Waals surface area contributed by atoms with Crippen molar-refractivity contribution in [3.63, 3.8) is 0 Å². The Morgan fingerprint density at radius 3 is 2.80 bits per heavy atom. The van der Waals surface area contributed by atoms with Crippen LogP contribution in [0.15, 0.2) is 47.3 Å². The molecule has 30 heavy (non-hydrogen) atoms. The smallest absolute Gasteiger partial charge is 0.409 e. The van der Waals surface area contributed by atoms with Crippen LogP contribution < -0.4 is 0 Å². The Morgan fingerprint density at radius 1 is 1.23 bits per heavy atom. The largest absolute Gasteiger partial charge is 0.468 e. The van der Waals surface area contributed by atoms with Crippen molar-refractivity contribution in [2.45, 2.75) is 31.5 Å². The van der Waals surface area contributed by atoms with Crippen LogP contribution in [0.2, 0.25) is 0 Å². The van der Waals surface area contributed by atoms with Crippen LogP contribution in [0.4, 0.5) is 4.79 Å². The highest BCUT2D eigenvalue weighted by atomic mass is 16.5. The van der Waals surface area contributed by atoms with Gasteiger partial charge >= 0.3 is 6.09 Å². The molecule has 156 valence electrons. The van der Waals surface area contributed by atoms with E-state index < -0.39 is 0 Å². The van der Waals surface area contributed by atoms with Gasteiger partial charge in [0.25, 0.3) is 0 Å². The summed E-state index contributed by atoms with van der Waals surface area (Å²) in [7, 11) is 1.42. The Hall–Kier alpha value is -3.20. The van der Waals surface area contributed by atoms with E-state index in [1.165, 1.54) is 7.11 Å². The lowest BCUT2D eigenvalue weighted by molar-refractivity contribution is 0.0327. The summed E-state index contributed by atoms with van der Waals surface area (Å²) in [6.45, 7) is 3.53. The minimum Gasteiger partial charge on any atom is -0.468 e. The molecular weight excluding hydrogens is 384 g/mol. The van der Waals surface area contributed by atoms with Gasteiger partial charge in [0, 0.05) is 37.6 Å². The lowest BCUT2D eigenvalue weighted by Crippen LogP contribution is -2.57. The maximum atomic E-state index is 12.4. The van der Waals surface area contributed by atoms with Crippen molar-refractivity contribution in [2.75, 3.05) is 26.7 Å². The number of likely N-dealkylation sites (tertiary alicyclic amines) is 1. The molecule has 5 heterocycles. The van der Waals surface area contributed by atoms with E-state index in [-0.39, 0.29) is 11.6 Å². The van der Waals surface area contributed by atoms with Gasteiger partial charge in [-0.15, -0.1) is 10.2 Å². The van der Waals surface area contributed by atoms with Crippen LogP contribution in [0.3, 0.4) is 0 Å². The van der Waals surface area contributed by atoms with Gasteiger partial charge in [0.1, 0.15) is 5.76 Å². The minimum atomic E-state index is -0.329. The molecule has 2 aliphatic heterocycles. The predicted molar refractivity (Wildman–Crippen MR) is 107 cm³/mol. The summed E-state index contributed by atoms with van der Waals surface area (Å²) in [6, 6.07) is 7.82. The van der Waals surface area contributed by atoms with Crippen LogP contribution in [0.5, 0.6) is 0 Å². The van der Waals surface area contributed by atoms with Crippen molar-refractivity contribution in [2.24, 2.45) is 0 Å². The fourth-order valence-electron chi connectivity index (χ4n) is 4.64. The van der Waals surface area contributed by atoms with E-state index in [9.17, 15) is 4.79 Å². The topological polar surface area (TPSA) is 89.5 Å². The number of ether oxygens (including phenoxy) is 1. The molecule has 9 nitrogen and oxygen atoms in total. The SMILES string of the molecule is COC(=O)N1Cc2nnc(-c3cccnc3)n2C2(CCN(Cc3ccco3)CC2)C1. The molecule has 0 saturated carbocycles. The number of nitrogens with zero attached hydrogens (tertiary/aromatic N) is 6. The molecule has 2 aliphatic rings. The number of hydrogen-bond donors (Lipinski definition) is 0. The molecule has 0 unspecified atom stereocenters. The maximum Gasteiger partial charge on any atom is 0.409 e. The molecule has 1 fully saturated rings. The fraction of sp³-hybridized carbons (Fsp3) is 0.429. The second-order valence-corrected chi connectivity index (χ2v) is 7.92. The van der Waals surface area contributed by atoms with Crippen LogP contribution in [-0.4, -0.2) is 62.4 Å². The molecule has 0 atom stereocenters. The number of pyridine rings is 1. The highest BCUT2D eigenvalue weighted by Crippen LogP contribution is 2.39. The highest BCUT2D eigenvalue weighted by Gasteiger charge is 2.45. The van der Waals surface area contributed by atoms with Crippen LogP contribution in [0.25, 0.3) is 11.4 Å². The monoisotopic (exact) mass is 408 g/mol. The van der Waals surface area contributed by atoms with Crippen molar-refractivity contribution >= 4 is 6.09 Å². The van der Waals surface area contributed by atoms with Gasteiger partial charge in [0.2, 0.25) is 0 Å². The van der Waals surface area contributed by atoms with E-state index in [1.807, 2.05) is 30.5 Å². The van der Waals surface area contributed by atoms with Crippen LogP contribution in [0.1, 0.15) is 24.4 Å². The van der Waals surface area contributed by atoms with Gasteiger partial charge in [-0.1, -0.05) is 0 Å². The number of rotatable bonds is 3. The first-order valence-electron chi connectivity index (χ1n) is 10.1. The first-order chi connectivity index (χ1) is 14.7. The average Bonchev–Trinajstić information content (AvgIpc) is 3.46. The zero-order valence-corrected chi connectivity index (χ0v) is 16.9. The lowest BCUT2D eigenvalue weighted by atomic mass is 9.84. The maximum absolute atomic E-state index is 12.4. The summed E-state index contributed by atoms with van der Waals surface area (Å²) in [6.07, 6.45) is 6.69. The van der Waals surface area contributed by atoms with Gasteiger partial charge in [0.05, 0.1) is 32.0 Å². The lowest BCUT2D eigenvalue weighted by Gasteiger charge is -2.48. The minimum absolute atomic E-state index is 0.282. The summed E-state index contributed by atoms with van der Waals surface area (Å²) >= 11 is 0. The van der Waals surface area contributed by atoms with Crippen molar-refractivity contribution in [1.29, 1.82) is 0 Å². The second-order valence-electron chi connectivity index (χ2n) is 7.92. The number of hydrogen-bond acceptors (Lipinski definition) is 7. The van der Waals surface area contributed by atoms with Crippen molar-refractivity contribution in [1.82, 2.24) is 29.5 Å². The van der Waals surface area contributed by atoms with Gasteiger partial charge in [-0.3, -0.25) is 14.8 Å². The summed E-state index contributed by atoms with van der Waals surface area (Å²) in [5.74, 6) is 2.55.